The summed E-state index contributed by atoms with van der Waals surface area (Å²) in [5, 5.41) is 8.54. The number of hydrogen-bond donors (Lipinski definition) is 1. The van der Waals surface area contributed by atoms with Gasteiger partial charge in [-0.2, -0.15) is 5.10 Å². The number of nitrogens with zero attached hydrogens (tertiary/aromatic N) is 3. The maximum Gasteiger partial charge on any atom is 0.410 e. The van der Waals surface area contributed by atoms with Gasteiger partial charge in [0.1, 0.15) is 24.7 Å². The van der Waals surface area contributed by atoms with E-state index in [1.54, 1.807) is 11.8 Å². The molecule has 1 saturated heterocycles. The van der Waals surface area contributed by atoms with Gasteiger partial charge in [0, 0.05) is 38.2 Å². The number of fused-ring (bicyclic) bond motifs is 1. The van der Waals surface area contributed by atoms with Gasteiger partial charge in [-0.05, 0) is 83.0 Å². The van der Waals surface area contributed by atoms with Crippen molar-refractivity contribution in [2.24, 2.45) is 0 Å². The minimum atomic E-state index is -1.23. The van der Waals surface area contributed by atoms with Crippen LogP contribution in [0.5, 0.6) is 5.75 Å². The molecule has 0 saturated carbocycles. The second kappa shape index (κ2) is 19.6. The summed E-state index contributed by atoms with van der Waals surface area (Å²) in [5.74, 6) is 0.135. The third-order valence-electron chi connectivity index (χ3n) is 9.74. The average Bonchev–Trinajstić information content (AvgIpc) is 3.54. The van der Waals surface area contributed by atoms with Crippen molar-refractivity contribution >= 4 is 42.7 Å². The Hall–Kier alpha value is -4.40. The number of nitrogens with one attached hydrogen (secondary N) is 1. The number of likely N-dealkylation sites (tertiary alicyclic amines) is 1. The van der Waals surface area contributed by atoms with Crippen molar-refractivity contribution in [3.8, 4) is 5.75 Å². The second-order valence-electron chi connectivity index (χ2n) is 16.6. The summed E-state index contributed by atoms with van der Waals surface area (Å²) in [6.45, 7) is 16.1. The molecule has 3 aromatic rings. The van der Waals surface area contributed by atoms with Crippen LogP contribution < -0.4 is 10.1 Å². The van der Waals surface area contributed by atoms with E-state index in [2.05, 4.69) is 42.2 Å². The summed E-state index contributed by atoms with van der Waals surface area (Å²) in [4.78, 5) is 40.4. The summed E-state index contributed by atoms with van der Waals surface area (Å²) in [7, 11) is -1.23. The number of piperidine rings is 1. The van der Waals surface area contributed by atoms with Gasteiger partial charge in [-0.3, -0.25) is 0 Å². The molecule has 2 aromatic carbocycles. The van der Waals surface area contributed by atoms with Crippen molar-refractivity contribution < 1.29 is 42.8 Å². The van der Waals surface area contributed by atoms with Gasteiger partial charge in [-0.1, -0.05) is 56.0 Å². The van der Waals surface area contributed by atoms with Crippen molar-refractivity contribution in [1.82, 2.24) is 20.0 Å². The van der Waals surface area contributed by atoms with Crippen LogP contribution in [0.2, 0.25) is 25.7 Å². The molecule has 13 nitrogen and oxygen atoms in total. The molecule has 1 fully saturated rings. The van der Waals surface area contributed by atoms with E-state index < -0.39 is 37.9 Å². The third-order valence-corrected chi connectivity index (χ3v) is 11.4. The standard InChI is InChI=1S/C42H60N4O9Si/c1-8-51-39(47)28-53-38-24-36-32(25-43-46(36)29-50-21-22-56(5,6)7)23-34(38)31-16-18-33(19-17-31)52-27-37-35(44-40(48)55-42(2,3)4)15-12-20-45(37)41(49)54-26-30-13-10-9-11-14-30/h9-11,13-14,16,23-25,33,35,37H,8,12,15,17-22,26-29H2,1-7H3,(H,44,48)/t33?,35-,37-/m0/s1. The highest BCUT2D eigenvalue weighted by Crippen LogP contribution is 2.37. The Morgan fingerprint density at radius 2 is 1.82 bits per heavy atom. The van der Waals surface area contributed by atoms with Crippen LogP contribution >= 0.6 is 0 Å². The van der Waals surface area contributed by atoms with Gasteiger partial charge >= 0.3 is 18.2 Å². The normalized spacial score (nSPS) is 18.9. The first-order valence-electron chi connectivity index (χ1n) is 19.8. The maximum absolute atomic E-state index is 13.5. The van der Waals surface area contributed by atoms with Crippen LogP contribution in [0, 0.1) is 0 Å². The third kappa shape index (κ3) is 12.8. The Morgan fingerprint density at radius 3 is 2.52 bits per heavy atom. The molecule has 0 bridgehead atoms. The first kappa shape index (κ1) is 42.7. The Morgan fingerprint density at radius 1 is 1.04 bits per heavy atom. The number of carbonyl (C=O) groups is 3. The lowest BCUT2D eigenvalue weighted by molar-refractivity contribution is -0.145. The van der Waals surface area contributed by atoms with Crippen LogP contribution in [0.4, 0.5) is 9.59 Å². The summed E-state index contributed by atoms with van der Waals surface area (Å²) in [6, 6.07) is 13.8. The Balaban J connectivity index is 1.29. The number of carbonyl (C=O) groups excluding carboxylic acids is 3. The molecule has 2 amide bonds. The molecule has 1 unspecified atom stereocenters. The predicted molar refractivity (Wildman–Crippen MR) is 217 cm³/mol. The molecule has 0 radical (unpaired) electrons. The number of rotatable bonds is 16. The molecule has 3 atom stereocenters. The minimum Gasteiger partial charge on any atom is -0.481 e. The molecule has 306 valence electrons. The number of amides is 2. The molecule has 14 heteroatoms. The van der Waals surface area contributed by atoms with Crippen LogP contribution in [0.3, 0.4) is 0 Å². The van der Waals surface area contributed by atoms with Gasteiger partial charge in [0.05, 0.1) is 43.1 Å². The van der Waals surface area contributed by atoms with Gasteiger partial charge in [0.25, 0.3) is 0 Å². The van der Waals surface area contributed by atoms with Crippen LogP contribution in [-0.4, -0.2) is 97.7 Å². The van der Waals surface area contributed by atoms with Gasteiger partial charge in [-0.15, -0.1) is 0 Å². The molecule has 1 N–H and O–H groups in total. The zero-order valence-corrected chi connectivity index (χ0v) is 35.1. The minimum absolute atomic E-state index is 0.117. The summed E-state index contributed by atoms with van der Waals surface area (Å²) in [5.41, 5.74) is 3.05. The number of ether oxygens (including phenoxy) is 6. The molecule has 1 aliphatic carbocycles. The van der Waals surface area contributed by atoms with Crippen molar-refractivity contribution in [2.75, 3.05) is 33.0 Å². The van der Waals surface area contributed by atoms with Gasteiger partial charge < -0.3 is 38.6 Å². The molecular formula is C42H60N4O9Si. The largest absolute Gasteiger partial charge is 0.481 e. The van der Waals surface area contributed by atoms with Crippen molar-refractivity contribution in [3.63, 3.8) is 0 Å². The van der Waals surface area contributed by atoms with Crippen LogP contribution in [0.15, 0.2) is 54.7 Å². The Labute approximate surface area is 332 Å². The van der Waals surface area contributed by atoms with E-state index in [1.807, 2.05) is 68.0 Å². The maximum atomic E-state index is 13.5. The highest BCUT2D eigenvalue weighted by atomic mass is 28.3. The van der Waals surface area contributed by atoms with Crippen molar-refractivity contribution in [2.45, 2.75) is 123 Å². The number of alkyl carbamates (subject to hydrolysis) is 1. The topological polar surface area (TPSA) is 140 Å². The molecule has 0 spiro atoms. The molecular weight excluding hydrogens is 733 g/mol. The second-order valence-corrected chi connectivity index (χ2v) is 22.3. The first-order chi connectivity index (χ1) is 26.7. The highest BCUT2D eigenvalue weighted by molar-refractivity contribution is 6.76. The fourth-order valence-corrected chi connectivity index (χ4v) is 7.57. The number of esters is 1. The number of benzene rings is 2. The number of hydrogen-bond acceptors (Lipinski definition) is 10. The summed E-state index contributed by atoms with van der Waals surface area (Å²) >= 11 is 0. The quantitative estimate of drug-likeness (QED) is 0.0658. The molecule has 2 heterocycles. The van der Waals surface area contributed by atoms with E-state index in [4.69, 9.17) is 28.4 Å². The molecule has 1 aliphatic heterocycles. The monoisotopic (exact) mass is 792 g/mol. The van der Waals surface area contributed by atoms with Crippen LogP contribution in [0.25, 0.3) is 16.5 Å². The number of aromatic nitrogens is 2. The van der Waals surface area contributed by atoms with Crippen molar-refractivity contribution in [3.05, 3.63) is 65.9 Å². The van der Waals surface area contributed by atoms with Gasteiger partial charge in [0.2, 0.25) is 0 Å². The lowest BCUT2D eigenvalue weighted by Crippen LogP contribution is -2.59. The van der Waals surface area contributed by atoms with Gasteiger partial charge in [-0.25, -0.2) is 19.1 Å². The Kier molecular flexibility index (Phi) is 15.0. The average molecular weight is 793 g/mol. The fourth-order valence-electron chi connectivity index (χ4n) is 6.81. The van der Waals surface area contributed by atoms with Crippen LogP contribution in [-0.2, 0) is 41.8 Å². The van der Waals surface area contributed by atoms with E-state index >= 15 is 0 Å². The zero-order valence-electron chi connectivity index (χ0n) is 34.1. The van der Waals surface area contributed by atoms with Crippen LogP contribution in [0.1, 0.15) is 70.9 Å². The van der Waals surface area contributed by atoms with Crippen molar-refractivity contribution in [1.29, 1.82) is 0 Å². The summed E-state index contributed by atoms with van der Waals surface area (Å²) < 4.78 is 36.9. The predicted octanol–water partition coefficient (Wildman–Crippen LogP) is 7.94. The smallest absolute Gasteiger partial charge is 0.410 e. The molecule has 1 aromatic heterocycles. The molecule has 5 rings (SSSR count). The Bertz CT molecular complexity index is 1800. The molecule has 56 heavy (non-hydrogen) atoms. The van der Waals surface area contributed by atoms with E-state index in [-0.39, 0.29) is 38.6 Å². The SMILES string of the molecule is CCOC(=O)COc1cc2c(cnn2COCC[Si](C)(C)C)cc1C1=CCC(OC[C@H]2[C@@H](NC(=O)OC(C)(C)C)CCCN2C(=O)OCc2ccccc2)CC1. The number of allylic oxidation sites excluding steroid dienone is 1. The van der Waals surface area contributed by atoms with E-state index in [0.717, 1.165) is 40.1 Å². The van der Waals surface area contributed by atoms with E-state index in [9.17, 15) is 14.4 Å². The van der Waals surface area contributed by atoms with E-state index in [0.29, 0.717) is 51.3 Å². The fraction of sp³-hybridized carbons (Fsp3) is 0.571. The first-order valence-corrected chi connectivity index (χ1v) is 23.5. The lowest BCUT2D eigenvalue weighted by atomic mass is 9.90. The zero-order chi connectivity index (χ0) is 40.3. The van der Waals surface area contributed by atoms with E-state index in [1.165, 1.54) is 0 Å². The highest BCUT2D eigenvalue weighted by Gasteiger charge is 2.38. The molecule has 2 aliphatic rings. The lowest BCUT2D eigenvalue weighted by Gasteiger charge is -2.41. The summed E-state index contributed by atoms with van der Waals surface area (Å²) in [6.07, 6.45) is 6.30. The van der Waals surface area contributed by atoms with Gasteiger partial charge in [0.15, 0.2) is 6.61 Å².